The van der Waals surface area contributed by atoms with E-state index in [-0.39, 0.29) is 22.7 Å². The van der Waals surface area contributed by atoms with E-state index < -0.39 is 4.92 Å². The normalized spacial score (nSPS) is 15.6. The predicted molar refractivity (Wildman–Crippen MR) is 96.1 cm³/mol. The molecule has 3 rings (SSSR count). The number of carbonyl (C=O) groups is 1. The molecule has 0 amide bonds. The first kappa shape index (κ1) is 17.4. The Kier molecular flexibility index (Phi) is 4.47. The smallest absolute Gasteiger partial charge is 0.312 e. The van der Waals surface area contributed by atoms with Gasteiger partial charge in [0.05, 0.1) is 10.6 Å². The molecule has 1 heterocycles. The lowest BCUT2D eigenvalue weighted by atomic mass is 9.75. The van der Waals surface area contributed by atoms with Gasteiger partial charge in [0.15, 0.2) is 5.78 Å². The number of fused-ring (bicyclic) bond motifs is 1. The fourth-order valence-corrected chi connectivity index (χ4v) is 3.15. The SMILES string of the molecule is CC1(C)CC(=O)c2cc([N+](=O)[O-])c(NCc3ccc(Cl)cc3)nc2C1. The lowest BCUT2D eigenvalue weighted by Gasteiger charge is -2.29. The van der Waals surface area contributed by atoms with Crippen LogP contribution in [0.3, 0.4) is 0 Å². The van der Waals surface area contributed by atoms with E-state index in [1.807, 2.05) is 26.0 Å². The van der Waals surface area contributed by atoms with Crippen LogP contribution in [-0.4, -0.2) is 15.7 Å². The molecule has 2 aromatic rings. The highest BCUT2D eigenvalue weighted by Crippen LogP contribution is 2.37. The zero-order valence-electron chi connectivity index (χ0n) is 14.0. The zero-order chi connectivity index (χ0) is 18.2. The van der Waals surface area contributed by atoms with Crippen LogP contribution in [0.4, 0.5) is 11.5 Å². The number of ketones is 1. The van der Waals surface area contributed by atoms with Crippen LogP contribution >= 0.6 is 11.6 Å². The zero-order valence-corrected chi connectivity index (χ0v) is 14.8. The van der Waals surface area contributed by atoms with Gasteiger partial charge in [-0.3, -0.25) is 14.9 Å². The maximum Gasteiger partial charge on any atom is 0.312 e. The van der Waals surface area contributed by atoms with Crippen molar-refractivity contribution in [2.75, 3.05) is 5.32 Å². The van der Waals surface area contributed by atoms with E-state index in [0.29, 0.717) is 35.7 Å². The molecule has 0 radical (unpaired) electrons. The summed E-state index contributed by atoms with van der Waals surface area (Å²) in [6, 6.07) is 8.55. The summed E-state index contributed by atoms with van der Waals surface area (Å²) in [6.07, 6.45) is 0.984. The third kappa shape index (κ3) is 3.79. The van der Waals surface area contributed by atoms with E-state index >= 15 is 0 Å². The van der Waals surface area contributed by atoms with Gasteiger partial charge >= 0.3 is 5.69 Å². The molecule has 0 aliphatic heterocycles. The number of nitrogens with one attached hydrogen (secondary N) is 1. The van der Waals surface area contributed by atoms with Crippen molar-refractivity contribution in [2.45, 2.75) is 33.2 Å². The third-order valence-electron chi connectivity index (χ3n) is 4.24. The summed E-state index contributed by atoms with van der Waals surface area (Å²) in [7, 11) is 0. The number of anilines is 1. The molecule has 6 nitrogen and oxygen atoms in total. The highest BCUT2D eigenvalue weighted by Gasteiger charge is 2.34. The monoisotopic (exact) mass is 359 g/mol. The molecule has 1 aromatic carbocycles. The molecule has 25 heavy (non-hydrogen) atoms. The minimum Gasteiger partial charge on any atom is -0.360 e. The Bertz CT molecular complexity index is 847. The molecular weight excluding hydrogens is 342 g/mol. The van der Waals surface area contributed by atoms with Crippen molar-refractivity contribution in [1.29, 1.82) is 0 Å². The number of hydrogen-bond donors (Lipinski definition) is 1. The van der Waals surface area contributed by atoms with E-state index in [1.54, 1.807) is 12.1 Å². The topological polar surface area (TPSA) is 85.1 Å². The summed E-state index contributed by atoms with van der Waals surface area (Å²) in [6.45, 7) is 4.37. The van der Waals surface area contributed by atoms with Crippen molar-refractivity contribution in [3.8, 4) is 0 Å². The van der Waals surface area contributed by atoms with Crippen LogP contribution in [0.25, 0.3) is 0 Å². The van der Waals surface area contributed by atoms with Gasteiger partial charge in [0.25, 0.3) is 0 Å². The van der Waals surface area contributed by atoms with Gasteiger partial charge in [-0.05, 0) is 29.5 Å². The van der Waals surface area contributed by atoms with E-state index in [2.05, 4.69) is 10.3 Å². The quantitative estimate of drug-likeness (QED) is 0.645. The average molecular weight is 360 g/mol. The fraction of sp³-hybridized carbons (Fsp3) is 0.333. The van der Waals surface area contributed by atoms with Gasteiger partial charge in [-0.15, -0.1) is 0 Å². The van der Waals surface area contributed by atoms with Crippen molar-refractivity contribution < 1.29 is 9.72 Å². The number of nitro groups is 1. The van der Waals surface area contributed by atoms with Crippen molar-refractivity contribution >= 4 is 28.9 Å². The molecule has 0 unspecified atom stereocenters. The van der Waals surface area contributed by atoms with Crippen LogP contribution in [0.15, 0.2) is 30.3 Å². The number of hydrogen-bond acceptors (Lipinski definition) is 5. The molecule has 7 heteroatoms. The number of Topliss-reactive ketones (excluding diaryl/α,β-unsaturated/α-hetero) is 1. The summed E-state index contributed by atoms with van der Waals surface area (Å²) < 4.78 is 0. The first-order valence-electron chi connectivity index (χ1n) is 7.95. The van der Waals surface area contributed by atoms with Crippen LogP contribution in [0.1, 0.15) is 41.9 Å². The molecule has 0 bridgehead atoms. The first-order valence-corrected chi connectivity index (χ1v) is 8.33. The van der Waals surface area contributed by atoms with Crippen LogP contribution in [0, 0.1) is 15.5 Å². The average Bonchev–Trinajstić information content (AvgIpc) is 2.52. The van der Waals surface area contributed by atoms with Gasteiger partial charge in [-0.1, -0.05) is 37.6 Å². The summed E-state index contributed by atoms with van der Waals surface area (Å²) in [5.74, 6) is 0.0929. The lowest BCUT2D eigenvalue weighted by molar-refractivity contribution is -0.384. The Morgan fingerprint density at radius 3 is 2.60 bits per heavy atom. The molecule has 0 saturated heterocycles. The molecule has 1 N–H and O–H groups in total. The van der Waals surface area contributed by atoms with Gasteiger partial charge in [-0.2, -0.15) is 0 Å². The second-order valence-corrected chi connectivity index (χ2v) is 7.46. The van der Waals surface area contributed by atoms with Crippen LogP contribution in [0.2, 0.25) is 5.02 Å². The van der Waals surface area contributed by atoms with E-state index in [1.165, 1.54) is 6.07 Å². The van der Waals surface area contributed by atoms with E-state index in [4.69, 9.17) is 11.6 Å². The number of halogens is 1. The molecule has 1 aromatic heterocycles. The number of carbonyl (C=O) groups excluding carboxylic acids is 1. The highest BCUT2D eigenvalue weighted by molar-refractivity contribution is 6.30. The molecule has 130 valence electrons. The summed E-state index contributed by atoms with van der Waals surface area (Å²) in [4.78, 5) is 27.6. The highest BCUT2D eigenvalue weighted by atomic mass is 35.5. The van der Waals surface area contributed by atoms with Crippen molar-refractivity contribution in [2.24, 2.45) is 5.41 Å². The second-order valence-electron chi connectivity index (χ2n) is 7.03. The molecule has 1 aliphatic carbocycles. The van der Waals surface area contributed by atoms with Crippen LogP contribution in [-0.2, 0) is 13.0 Å². The number of rotatable bonds is 4. The second kappa shape index (κ2) is 6.44. The first-order chi connectivity index (χ1) is 11.7. The van der Waals surface area contributed by atoms with Crippen molar-refractivity contribution in [1.82, 2.24) is 4.98 Å². The Balaban J connectivity index is 1.93. The lowest BCUT2D eigenvalue weighted by Crippen LogP contribution is -2.28. The minimum absolute atomic E-state index is 0.0916. The number of pyridine rings is 1. The van der Waals surface area contributed by atoms with Crippen LogP contribution in [0.5, 0.6) is 0 Å². The number of nitrogens with zero attached hydrogens (tertiary/aromatic N) is 2. The molecule has 0 saturated carbocycles. The van der Waals surface area contributed by atoms with Crippen molar-refractivity contribution in [3.05, 3.63) is 62.3 Å². The van der Waals surface area contributed by atoms with Gasteiger partial charge < -0.3 is 5.32 Å². The Labute approximate surface area is 150 Å². The van der Waals surface area contributed by atoms with Gasteiger partial charge in [0, 0.05) is 29.6 Å². The third-order valence-corrected chi connectivity index (χ3v) is 4.49. The summed E-state index contributed by atoms with van der Waals surface area (Å²) >= 11 is 5.86. The number of aromatic nitrogens is 1. The standard InChI is InChI=1S/C18H18ClN3O3/c1-18(2)8-14-13(16(23)9-18)7-15(22(24)25)17(21-14)20-10-11-3-5-12(19)6-4-11/h3-7H,8-10H2,1-2H3,(H,20,21). The molecule has 1 aliphatic rings. The largest absolute Gasteiger partial charge is 0.360 e. The Hall–Kier alpha value is -2.47. The Morgan fingerprint density at radius 1 is 1.28 bits per heavy atom. The van der Waals surface area contributed by atoms with E-state index in [9.17, 15) is 14.9 Å². The maximum absolute atomic E-state index is 12.3. The summed E-state index contributed by atoms with van der Waals surface area (Å²) in [5.41, 5.74) is 1.53. The van der Waals surface area contributed by atoms with Crippen molar-refractivity contribution in [3.63, 3.8) is 0 Å². The predicted octanol–water partition coefficient (Wildman–Crippen LogP) is 4.41. The molecule has 0 spiro atoms. The minimum atomic E-state index is -0.509. The Morgan fingerprint density at radius 2 is 1.96 bits per heavy atom. The van der Waals surface area contributed by atoms with Gasteiger partial charge in [0.1, 0.15) is 0 Å². The molecular formula is C18H18ClN3O3. The maximum atomic E-state index is 12.3. The van der Waals surface area contributed by atoms with Crippen LogP contribution < -0.4 is 5.32 Å². The molecule has 0 fully saturated rings. The summed E-state index contributed by atoms with van der Waals surface area (Å²) in [5, 5.41) is 15.0. The van der Waals surface area contributed by atoms with E-state index in [0.717, 1.165) is 5.56 Å². The van der Waals surface area contributed by atoms with Gasteiger partial charge in [0.2, 0.25) is 5.82 Å². The van der Waals surface area contributed by atoms with Gasteiger partial charge in [-0.25, -0.2) is 4.98 Å². The number of benzene rings is 1. The fourth-order valence-electron chi connectivity index (χ4n) is 3.02. The molecule has 0 atom stereocenters.